The first kappa shape index (κ1) is 12.9. The summed E-state index contributed by atoms with van der Waals surface area (Å²) >= 11 is 0. The van der Waals surface area contributed by atoms with E-state index in [4.69, 9.17) is 9.47 Å². The Morgan fingerprint density at radius 3 is 2.67 bits per heavy atom. The van der Waals surface area contributed by atoms with Gasteiger partial charge >= 0.3 is 0 Å². The van der Waals surface area contributed by atoms with Gasteiger partial charge in [0.1, 0.15) is 17.3 Å². The normalized spacial score (nSPS) is 51.2. The largest absolute Gasteiger partial charge is 0.394 e. The fourth-order valence-corrected chi connectivity index (χ4v) is 4.28. The summed E-state index contributed by atoms with van der Waals surface area (Å²) in [5.41, 5.74) is -1.46. The van der Waals surface area contributed by atoms with Crippen molar-refractivity contribution in [2.75, 3.05) is 6.61 Å². The topological polar surface area (TPSA) is 58.9 Å². The van der Waals surface area contributed by atoms with E-state index in [0.29, 0.717) is 6.42 Å². The smallest absolute Gasteiger partial charge is 0.169 e. The number of aliphatic hydroxyl groups excluding tert-OH is 1. The lowest BCUT2D eigenvalue weighted by Crippen LogP contribution is -2.69. The van der Waals surface area contributed by atoms with Crippen LogP contribution in [0.25, 0.3) is 0 Å². The number of aliphatic hydroxyl groups is 2. The molecule has 4 atom stereocenters. The van der Waals surface area contributed by atoms with Gasteiger partial charge in [-0.3, -0.25) is 0 Å². The number of fused-ring (bicyclic) bond motifs is 1. The maximum Gasteiger partial charge on any atom is 0.169 e. The second-order valence-corrected chi connectivity index (χ2v) is 6.18. The van der Waals surface area contributed by atoms with Gasteiger partial charge in [-0.05, 0) is 19.3 Å². The lowest BCUT2D eigenvalue weighted by Gasteiger charge is -2.56. The summed E-state index contributed by atoms with van der Waals surface area (Å²) in [5, 5.41) is 20.6. The second-order valence-electron chi connectivity index (χ2n) is 6.18. The molecule has 2 N–H and O–H groups in total. The molecule has 0 aromatic carbocycles. The molecular weight excluding hydrogens is 232 g/mol. The van der Waals surface area contributed by atoms with Crippen molar-refractivity contribution < 1.29 is 19.7 Å². The van der Waals surface area contributed by atoms with Crippen LogP contribution in [-0.4, -0.2) is 39.9 Å². The van der Waals surface area contributed by atoms with Gasteiger partial charge in [0.15, 0.2) is 5.79 Å². The van der Waals surface area contributed by atoms with Crippen molar-refractivity contribution in [2.24, 2.45) is 0 Å². The molecule has 3 rings (SSSR count). The van der Waals surface area contributed by atoms with Crippen molar-refractivity contribution in [3.63, 3.8) is 0 Å². The molecule has 2 saturated heterocycles. The number of hydrogen-bond acceptors (Lipinski definition) is 4. The number of ether oxygens (including phenoxy) is 2. The first-order valence-electron chi connectivity index (χ1n) is 7.31. The molecule has 3 fully saturated rings. The third-order valence-electron chi connectivity index (χ3n) is 5.16. The SMILES string of the molecule is CCCC12CCC3(CCCCC3(O)C(CO)O1)O2. The van der Waals surface area contributed by atoms with Gasteiger partial charge in [-0.15, -0.1) is 0 Å². The highest BCUT2D eigenvalue weighted by molar-refractivity contribution is 5.15. The minimum absolute atomic E-state index is 0.118. The van der Waals surface area contributed by atoms with Crippen molar-refractivity contribution in [1.82, 2.24) is 0 Å². The summed E-state index contributed by atoms with van der Waals surface area (Å²) in [6, 6.07) is 0. The predicted octanol–water partition coefficient (Wildman–Crippen LogP) is 1.73. The van der Waals surface area contributed by atoms with Crippen LogP contribution in [0.5, 0.6) is 0 Å². The molecule has 2 bridgehead atoms. The molecule has 2 aliphatic heterocycles. The molecule has 1 saturated carbocycles. The Hall–Kier alpha value is -0.160. The molecule has 1 spiro atoms. The minimum atomic E-state index is -0.992. The Bertz CT molecular complexity index is 334. The van der Waals surface area contributed by atoms with Crippen LogP contribution in [0.1, 0.15) is 58.3 Å². The van der Waals surface area contributed by atoms with Crippen LogP contribution in [0.15, 0.2) is 0 Å². The van der Waals surface area contributed by atoms with Gasteiger partial charge < -0.3 is 19.7 Å². The molecule has 0 aromatic rings. The van der Waals surface area contributed by atoms with Crippen molar-refractivity contribution >= 4 is 0 Å². The van der Waals surface area contributed by atoms with Crippen molar-refractivity contribution in [2.45, 2.75) is 81.4 Å². The standard InChI is InChI=1S/C14H24O4/c1-2-5-13-9-8-12(18-13)6-3-4-7-14(12,16)11(10-15)17-13/h11,15-16H,2-10H2,1H3. The van der Waals surface area contributed by atoms with E-state index < -0.39 is 23.1 Å². The highest BCUT2D eigenvalue weighted by Crippen LogP contribution is 2.58. The molecule has 4 nitrogen and oxygen atoms in total. The van der Waals surface area contributed by atoms with Gasteiger partial charge in [0.2, 0.25) is 0 Å². The van der Waals surface area contributed by atoms with E-state index >= 15 is 0 Å². The average molecular weight is 256 g/mol. The van der Waals surface area contributed by atoms with Crippen molar-refractivity contribution in [3.8, 4) is 0 Å². The van der Waals surface area contributed by atoms with E-state index in [1.54, 1.807) is 0 Å². The Balaban J connectivity index is 1.96. The van der Waals surface area contributed by atoms with Gasteiger partial charge in [0, 0.05) is 12.8 Å². The van der Waals surface area contributed by atoms with E-state index in [2.05, 4.69) is 6.92 Å². The van der Waals surface area contributed by atoms with Crippen LogP contribution in [0.3, 0.4) is 0 Å². The van der Waals surface area contributed by atoms with E-state index in [-0.39, 0.29) is 6.61 Å². The van der Waals surface area contributed by atoms with Crippen LogP contribution < -0.4 is 0 Å². The zero-order chi connectivity index (χ0) is 12.9. The van der Waals surface area contributed by atoms with E-state index in [1.807, 2.05) is 0 Å². The van der Waals surface area contributed by atoms with Crippen molar-refractivity contribution in [3.05, 3.63) is 0 Å². The molecule has 1 aliphatic carbocycles. The molecule has 4 heteroatoms. The third-order valence-corrected chi connectivity index (χ3v) is 5.16. The maximum absolute atomic E-state index is 11.0. The molecule has 104 valence electrons. The highest BCUT2D eigenvalue weighted by Gasteiger charge is 2.68. The monoisotopic (exact) mass is 256 g/mol. The Kier molecular flexibility index (Phi) is 2.98. The molecule has 3 aliphatic rings. The number of hydrogen-bond donors (Lipinski definition) is 2. The van der Waals surface area contributed by atoms with Crippen LogP contribution in [0.4, 0.5) is 0 Å². The van der Waals surface area contributed by atoms with Crippen LogP contribution in [-0.2, 0) is 9.47 Å². The predicted molar refractivity (Wildman–Crippen MR) is 66.1 cm³/mol. The molecule has 0 amide bonds. The molecule has 18 heavy (non-hydrogen) atoms. The molecule has 0 radical (unpaired) electrons. The van der Waals surface area contributed by atoms with Crippen LogP contribution >= 0.6 is 0 Å². The van der Waals surface area contributed by atoms with Gasteiger partial charge in [0.25, 0.3) is 0 Å². The molecule has 2 heterocycles. The van der Waals surface area contributed by atoms with Crippen molar-refractivity contribution in [1.29, 1.82) is 0 Å². The van der Waals surface area contributed by atoms with Gasteiger partial charge in [-0.1, -0.05) is 26.2 Å². The first-order valence-corrected chi connectivity index (χ1v) is 7.31. The van der Waals surface area contributed by atoms with Gasteiger partial charge in [-0.2, -0.15) is 0 Å². The zero-order valence-corrected chi connectivity index (χ0v) is 11.2. The zero-order valence-electron chi connectivity index (χ0n) is 11.2. The Labute approximate surface area is 108 Å². The summed E-state index contributed by atoms with van der Waals surface area (Å²) in [5.74, 6) is -0.550. The lowest BCUT2D eigenvalue weighted by atomic mass is 9.67. The second kappa shape index (κ2) is 4.17. The maximum atomic E-state index is 11.0. The van der Waals surface area contributed by atoms with Gasteiger partial charge in [-0.25, -0.2) is 0 Å². The number of rotatable bonds is 3. The average Bonchev–Trinajstić information content (AvgIpc) is 2.67. The lowest BCUT2D eigenvalue weighted by molar-refractivity contribution is -0.392. The highest BCUT2D eigenvalue weighted by atomic mass is 16.7. The summed E-state index contributed by atoms with van der Waals surface area (Å²) in [4.78, 5) is 0. The summed E-state index contributed by atoms with van der Waals surface area (Å²) < 4.78 is 12.3. The Morgan fingerprint density at radius 2 is 1.94 bits per heavy atom. The summed E-state index contributed by atoms with van der Waals surface area (Å²) in [6.45, 7) is 2.00. The first-order chi connectivity index (χ1) is 8.60. The summed E-state index contributed by atoms with van der Waals surface area (Å²) in [6.07, 6.45) is 6.73. The summed E-state index contributed by atoms with van der Waals surface area (Å²) in [7, 11) is 0. The molecule has 4 unspecified atom stereocenters. The fourth-order valence-electron chi connectivity index (χ4n) is 4.28. The van der Waals surface area contributed by atoms with Crippen LogP contribution in [0.2, 0.25) is 0 Å². The van der Waals surface area contributed by atoms with E-state index in [9.17, 15) is 10.2 Å². The van der Waals surface area contributed by atoms with E-state index in [0.717, 1.165) is 44.9 Å². The van der Waals surface area contributed by atoms with Crippen LogP contribution in [0, 0.1) is 0 Å². The Morgan fingerprint density at radius 1 is 1.17 bits per heavy atom. The van der Waals surface area contributed by atoms with Gasteiger partial charge in [0.05, 0.1) is 6.61 Å². The van der Waals surface area contributed by atoms with E-state index in [1.165, 1.54) is 0 Å². The quantitative estimate of drug-likeness (QED) is 0.807. The third kappa shape index (κ3) is 1.52. The molecule has 0 aromatic heterocycles. The minimum Gasteiger partial charge on any atom is -0.394 e. The fraction of sp³-hybridized carbons (Fsp3) is 1.00. The molecular formula is C14H24O4.